The van der Waals surface area contributed by atoms with Crippen LogP contribution in [-0.4, -0.2) is 24.5 Å². The van der Waals surface area contributed by atoms with E-state index in [1.54, 1.807) is 0 Å². The molecule has 0 bridgehead atoms. The van der Waals surface area contributed by atoms with Crippen molar-refractivity contribution in [2.24, 2.45) is 0 Å². The number of carbonyl (C=O) groups excluding carboxylic acids is 1. The molecule has 0 aliphatic carbocycles. The number of para-hydroxylation sites is 1. The number of fused-ring (bicyclic) bond motifs is 1. The van der Waals surface area contributed by atoms with Crippen molar-refractivity contribution in [1.82, 2.24) is 5.32 Å². The number of carbonyl (C=O) groups is 1. The lowest BCUT2D eigenvalue weighted by atomic mass is 9.88. The first-order chi connectivity index (χ1) is 8.21. The number of Topliss-reactive ketones (excluding diaryl/α,β-unsaturated/α-hetero) is 1. The first-order valence-corrected chi connectivity index (χ1v) is 6.25. The molecule has 2 aliphatic rings. The Morgan fingerprint density at radius 2 is 2.35 bits per heavy atom. The van der Waals surface area contributed by atoms with E-state index in [-0.39, 0.29) is 5.78 Å². The summed E-state index contributed by atoms with van der Waals surface area (Å²) in [5.41, 5.74) is 1.51. The van der Waals surface area contributed by atoms with Gasteiger partial charge in [-0.05, 0) is 37.9 Å². The van der Waals surface area contributed by atoms with Gasteiger partial charge < -0.3 is 10.1 Å². The minimum atomic E-state index is -0.402. The van der Waals surface area contributed by atoms with E-state index in [2.05, 4.69) is 5.32 Å². The van der Waals surface area contributed by atoms with Gasteiger partial charge in [-0.2, -0.15) is 0 Å². The van der Waals surface area contributed by atoms with Gasteiger partial charge in [-0.3, -0.25) is 4.79 Å². The highest BCUT2D eigenvalue weighted by atomic mass is 16.5. The monoisotopic (exact) mass is 231 g/mol. The Balaban J connectivity index is 1.99. The molecule has 1 aromatic rings. The fraction of sp³-hybridized carbons (Fsp3) is 0.500. The zero-order chi connectivity index (χ0) is 11.9. The molecule has 2 heterocycles. The molecule has 0 amide bonds. The van der Waals surface area contributed by atoms with Gasteiger partial charge in [0.15, 0.2) is 5.78 Å². The standard InChI is InChI=1S/C14H17NO2/c1-14(7-3-8-15-14)13(16)11-5-2-4-10-6-9-17-12(10)11/h2,4-5,15H,3,6-9H2,1H3. The molecule has 0 saturated carbocycles. The summed E-state index contributed by atoms with van der Waals surface area (Å²) in [4.78, 5) is 12.6. The number of hydrogen-bond acceptors (Lipinski definition) is 3. The highest BCUT2D eigenvalue weighted by molar-refractivity contribution is 6.05. The summed E-state index contributed by atoms with van der Waals surface area (Å²) in [5.74, 6) is 0.987. The SMILES string of the molecule is CC1(C(=O)c2cccc3c2OCC3)CCCN1. The molecule has 0 spiro atoms. The fourth-order valence-corrected chi connectivity index (χ4v) is 2.78. The van der Waals surface area contributed by atoms with Gasteiger partial charge in [-0.1, -0.05) is 12.1 Å². The molecule has 1 atom stereocenters. The molecule has 0 radical (unpaired) electrons. The zero-order valence-electron chi connectivity index (χ0n) is 10.1. The summed E-state index contributed by atoms with van der Waals surface area (Å²) in [6.45, 7) is 3.62. The Kier molecular flexibility index (Phi) is 2.44. The number of nitrogens with one attached hydrogen (secondary N) is 1. The highest BCUT2D eigenvalue weighted by Gasteiger charge is 2.38. The first-order valence-electron chi connectivity index (χ1n) is 6.25. The van der Waals surface area contributed by atoms with Crippen LogP contribution in [0.3, 0.4) is 0 Å². The van der Waals surface area contributed by atoms with Crippen LogP contribution in [0.4, 0.5) is 0 Å². The van der Waals surface area contributed by atoms with E-state index in [0.717, 1.165) is 42.7 Å². The van der Waals surface area contributed by atoms with Gasteiger partial charge in [0.2, 0.25) is 0 Å². The van der Waals surface area contributed by atoms with Crippen molar-refractivity contribution in [3.63, 3.8) is 0 Å². The molecular formula is C14H17NO2. The van der Waals surface area contributed by atoms with Gasteiger partial charge in [-0.15, -0.1) is 0 Å². The maximum atomic E-state index is 12.6. The second kappa shape index (κ2) is 3.84. The third-order valence-electron chi connectivity index (χ3n) is 3.83. The summed E-state index contributed by atoms with van der Waals surface area (Å²) < 4.78 is 5.61. The predicted octanol–water partition coefficient (Wildman–Crippen LogP) is 1.95. The Bertz CT molecular complexity index is 461. The van der Waals surface area contributed by atoms with E-state index in [9.17, 15) is 4.79 Å². The summed E-state index contributed by atoms with van der Waals surface area (Å²) >= 11 is 0. The molecule has 3 nitrogen and oxygen atoms in total. The molecule has 3 heteroatoms. The average Bonchev–Trinajstić information content (AvgIpc) is 2.96. The van der Waals surface area contributed by atoms with Crippen LogP contribution < -0.4 is 10.1 Å². The lowest BCUT2D eigenvalue weighted by molar-refractivity contribution is 0.0881. The van der Waals surface area contributed by atoms with E-state index in [0.29, 0.717) is 6.61 Å². The van der Waals surface area contributed by atoms with Crippen LogP contribution in [0.5, 0.6) is 5.75 Å². The normalized spacial score (nSPS) is 26.6. The second-order valence-electron chi connectivity index (χ2n) is 5.08. The van der Waals surface area contributed by atoms with Gasteiger partial charge >= 0.3 is 0 Å². The zero-order valence-corrected chi connectivity index (χ0v) is 10.1. The molecule has 2 aliphatic heterocycles. The lowest BCUT2D eigenvalue weighted by Gasteiger charge is -2.23. The molecule has 0 aromatic heterocycles. The quantitative estimate of drug-likeness (QED) is 0.791. The van der Waals surface area contributed by atoms with E-state index in [1.165, 1.54) is 0 Å². The summed E-state index contributed by atoms with van der Waals surface area (Å²) in [6.07, 6.45) is 2.90. The van der Waals surface area contributed by atoms with Crippen molar-refractivity contribution >= 4 is 5.78 Å². The van der Waals surface area contributed by atoms with E-state index >= 15 is 0 Å². The van der Waals surface area contributed by atoms with Crippen LogP contribution in [0, 0.1) is 0 Å². The smallest absolute Gasteiger partial charge is 0.186 e. The largest absolute Gasteiger partial charge is 0.492 e. The van der Waals surface area contributed by atoms with Gasteiger partial charge in [0.05, 0.1) is 17.7 Å². The van der Waals surface area contributed by atoms with E-state index < -0.39 is 5.54 Å². The van der Waals surface area contributed by atoms with Crippen molar-refractivity contribution < 1.29 is 9.53 Å². The Morgan fingerprint density at radius 3 is 3.12 bits per heavy atom. The van der Waals surface area contributed by atoms with Crippen LogP contribution in [0.25, 0.3) is 0 Å². The number of hydrogen-bond donors (Lipinski definition) is 1. The summed E-state index contributed by atoms with van der Waals surface area (Å²) in [7, 11) is 0. The minimum absolute atomic E-state index is 0.175. The summed E-state index contributed by atoms with van der Waals surface area (Å²) in [5, 5.41) is 3.32. The third kappa shape index (κ3) is 1.65. The number of ether oxygens (including phenoxy) is 1. The maximum Gasteiger partial charge on any atom is 0.186 e. The van der Waals surface area contributed by atoms with Gasteiger partial charge in [-0.25, -0.2) is 0 Å². The van der Waals surface area contributed by atoms with Crippen LogP contribution in [0.1, 0.15) is 35.7 Å². The van der Waals surface area contributed by atoms with Crippen molar-refractivity contribution in [2.75, 3.05) is 13.2 Å². The fourth-order valence-electron chi connectivity index (χ4n) is 2.78. The number of rotatable bonds is 2. The molecule has 1 aromatic carbocycles. The first kappa shape index (κ1) is 10.8. The van der Waals surface area contributed by atoms with Gasteiger partial charge in [0.25, 0.3) is 0 Å². The topological polar surface area (TPSA) is 38.3 Å². The lowest BCUT2D eigenvalue weighted by Crippen LogP contribution is -2.44. The summed E-state index contributed by atoms with van der Waals surface area (Å²) in [6, 6.07) is 5.89. The maximum absolute atomic E-state index is 12.6. The molecule has 1 N–H and O–H groups in total. The Morgan fingerprint density at radius 1 is 1.47 bits per heavy atom. The molecule has 17 heavy (non-hydrogen) atoms. The predicted molar refractivity (Wildman–Crippen MR) is 65.6 cm³/mol. The second-order valence-corrected chi connectivity index (χ2v) is 5.08. The van der Waals surface area contributed by atoms with Crippen molar-refractivity contribution in [3.8, 4) is 5.75 Å². The average molecular weight is 231 g/mol. The minimum Gasteiger partial charge on any atom is -0.492 e. The number of benzene rings is 1. The molecule has 1 saturated heterocycles. The molecule has 1 unspecified atom stereocenters. The van der Waals surface area contributed by atoms with E-state index in [1.807, 2.05) is 25.1 Å². The Labute approximate surface area is 101 Å². The van der Waals surface area contributed by atoms with Crippen LogP contribution in [-0.2, 0) is 6.42 Å². The van der Waals surface area contributed by atoms with E-state index in [4.69, 9.17) is 4.74 Å². The van der Waals surface area contributed by atoms with Gasteiger partial charge in [0.1, 0.15) is 5.75 Å². The van der Waals surface area contributed by atoms with Crippen LogP contribution >= 0.6 is 0 Å². The van der Waals surface area contributed by atoms with Crippen molar-refractivity contribution in [2.45, 2.75) is 31.7 Å². The molecule has 3 rings (SSSR count). The van der Waals surface area contributed by atoms with Crippen molar-refractivity contribution in [3.05, 3.63) is 29.3 Å². The van der Waals surface area contributed by atoms with Crippen molar-refractivity contribution in [1.29, 1.82) is 0 Å². The molecule has 90 valence electrons. The van der Waals surface area contributed by atoms with Gasteiger partial charge in [0, 0.05) is 6.42 Å². The molecular weight excluding hydrogens is 214 g/mol. The number of ketones is 1. The third-order valence-corrected chi connectivity index (χ3v) is 3.83. The highest BCUT2D eigenvalue weighted by Crippen LogP contribution is 2.33. The Hall–Kier alpha value is -1.35. The molecule has 1 fully saturated rings. The van der Waals surface area contributed by atoms with Crippen LogP contribution in [0.15, 0.2) is 18.2 Å². The van der Waals surface area contributed by atoms with Crippen LogP contribution in [0.2, 0.25) is 0 Å².